The predicted molar refractivity (Wildman–Crippen MR) is 141 cm³/mol. The molecule has 1 amide bonds. The summed E-state index contributed by atoms with van der Waals surface area (Å²) in [6.45, 7) is 13.2. The van der Waals surface area contributed by atoms with Crippen LogP contribution in [0.3, 0.4) is 0 Å². The van der Waals surface area contributed by atoms with Gasteiger partial charge in [0.15, 0.2) is 12.3 Å². The summed E-state index contributed by atoms with van der Waals surface area (Å²) < 4.78 is 13.5. The van der Waals surface area contributed by atoms with Crippen LogP contribution in [0.5, 0.6) is 11.5 Å². The number of benzene rings is 2. The highest BCUT2D eigenvalue weighted by Gasteiger charge is 2.27. The van der Waals surface area contributed by atoms with Crippen LogP contribution >= 0.6 is 0 Å². The normalized spacial score (nSPS) is 12.3. The van der Waals surface area contributed by atoms with E-state index in [1.54, 1.807) is 7.11 Å². The summed E-state index contributed by atoms with van der Waals surface area (Å²) in [5.41, 5.74) is 5.18. The third-order valence-electron chi connectivity index (χ3n) is 7.35. The quantitative estimate of drug-likeness (QED) is 0.301. The van der Waals surface area contributed by atoms with Crippen molar-refractivity contribution >= 4 is 28.3 Å². The van der Waals surface area contributed by atoms with Crippen molar-refractivity contribution in [3.8, 4) is 11.5 Å². The summed E-state index contributed by atoms with van der Waals surface area (Å²) >= 11 is 0. The molecule has 0 fully saturated rings. The monoisotopic (exact) mass is 476 g/mol. The predicted octanol–water partition coefficient (Wildman–Crippen LogP) is 6.22. The first-order valence-corrected chi connectivity index (χ1v) is 12.2. The Morgan fingerprint density at radius 1 is 1.03 bits per heavy atom. The first-order valence-electron chi connectivity index (χ1n) is 12.2. The van der Waals surface area contributed by atoms with Crippen LogP contribution in [0, 0.1) is 0 Å². The molecule has 4 rings (SSSR count). The zero-order chi connectivity index (χ0) is 25.4. The zero-order valence-corrected chi connectivity index (χ0v) is 21.8. The third-order valence-corrected chi connectivity index (χ3v) is 7.35. The smallest absolute Gasteiger partial charge is 0.262 e. The second-order valence-corrected chi connectivity index (χ2v) is 10.3. The number of amides is 1. The van der Waals surface area contributed by atoms with Gasteiger partial charge in [-0.05, 0) is 47.4 Å². The van der Waals surface area contributed by atoms with Gasteiger partial charge in [0.2, 0.25) is 0 Å². The molecule has 35 heavy (non-hydrogen) atoms. The average Bonchev–Trinajstić information content (AvgIpc) is 3.44. The minimum absolute atomic E-state index is 0.0681. The van der Waals surface area contributed by atoms with Crippen LogP contribution in [0.25, 0.3) is 16.7 Å². The lowest BCUT2D eigenvalue weighted by Crippen LogP contribution is -2.24. The molecule has 0 unspecified atom stereocenters. The Balaban J connectivity index is 1.60. The van der Waals surface area contributed by atoms with Gasteiger partial charge < -0.3 is 14.8 Å². The van der Waals surface area contributed by atoms with E-state index in [4.69, 9.17) is 9.47 Å². The first-order chi connectivity index (χ1) is 16.6. The van der Waals surface area contributed by atoms with Crippen molar-refractivity contribution in [2.75, 3.05) is 19.0 Å². The van der Waals surface area contributed by atoms with E-state index in [9.17, 15) is 4.79 Å². The molecule has 0 saturated carbocycles. The van der Waals surface area contributed by atoms with Gasteiger partial charge in [0.05, 0.1) is 12.6 Å². The topological polar surface area (TPSA) is 80.7 Å². The number of nitrogens with zero attached hydrogens (tertiary/aromatic N) is 2. The highest BCUT2D eigenvalue weighted by molar-refractivity contribution is 6.03. The van der Waals surface area contributed by atoms with Crippen molar-refractivity contribution in [3.63, 3.8) is 0 Å². The standard InChI is InChI=1S/C28H36N4O3/c1-8-27(3,4)18-10-12-21(19(16-18)28(5,6)9-2)35-17-24(33)31-26-22(34-7)13-11-20-25(26)30-23-14-15-29-32(20)23/h10-16,29H,8-9,17H2,1-7H3,(H,31,33). The molecular weight excluding hydrogens is 440 g/mol. The maximum Gasteiger partial charge on any atom is 0.262 e. The van der Waals surface area contributed by atoms with E-state index < -0.39 is 0 Å². The number of hydrogen-bond donors (Lipinski definition) is 2. The highest BCUT2D eigenvalue weighted by Crippen LogP contribution is 2.39. The number of fused-ring (bicyclic) bond motifs is 3. The molecule has 4 aromatic rings. The number of hydrogen-bond acceptors (Lipinski definition) is 4. The van der Waals surface area contributed by atoms with E-state index in [1.807, 2.05) is 35.0 Å². The minimum atomic E-state index is -0.273. The number of imidazole rings is 1. The minimum Gasteiger partial charge on any atom is -0.494 e. The van der Waals surface area contributed by atoms with Gasteiger partial charge in [0.25, 0.3) is 5.91 Å². The maximum absolute atomic E-state index is 13.0. The lowest BCUT2D eigenvalue weighted by molar-refractivity contribution is -0.118. The molecule has 0 radical (unpaired) electrons. The van der Waals surface area contributed by atoms with E-state index in [0.717, 1.165) is 35.3 Å². The van der Waals surface area contributed by atoms with Gasteiger partial charge in [-0.25, -0.2) is 9.50 Å². The largest absolute Gasteiger partial charge is 0.494 e. The number of aromatic amines is 1. The molecule has 0 aliphatic carbocycles. The van der Waals surface area contributed by atoms with E-state index in [1.165, 1.54) is 5.56 Å². The molecule has 7 nitrogen and oxygen atoms in total. The van der Waals surface area contributed by atoms with E-state index >= 15 is 0 Å². The van der Waals surface area contributed by atoms with Crippen molar-refractivity contribution in [2.24, 2.45) is 0 Å². The molecule has 0 saturated heterocycles. The molecule has 0 aliphatic heterocycles. The zero-order valence-electron chi connectivity index (χ0n) is 21.8. The highest BCUT2D eigenvalue weighted by atomic mass is 16.5. The Kier molecular flexibility index (Phi) is 6.54. The summed E-state index contributed by atoms with van der Waals surface area (Å²) in [5.74, 6) is 1.01. The Bertz CT molecular complexity index is 1360. The SMILES string of the molecule is CCC(C)(C)c1ccc(OCC(=O)Nc2c(OC)ccc3c2nc2cc[nH]n23)c(C(C)(C)CC)c1. The van der Waals surface area contributed by atoms with E-state index in [-0.39, 0.29) is 23.3 Å². The number of rotatable bonds is 9. The summed E-state index contributed by atoms with van der Waals surface area (Å²) in [4.78, 5) is 17.7. The van der Waals surface area contributed by atoms with Crippen molar-refractivity contribution in [3.05, 3.63) is 53.7 Å². The van der Waals surface area contributed by atoms with Crippen molar-refractivity contribution in [1.82, 2.24) is 14.6 Å². The fourth-order valence-electron chi connectivity index (χ4n) is 4.19. The number of aromatic nitrogens is 3. The number of H-pyrrole nitrogens is 1. The summed E-state index contributed by atoms with van der Waals surface area (Å²) in [6.07, 6.45) is 3.82. The van der Waals surface area contributed by atoms with Gasteiger partial charge in [0, 0.05) is 17.8 Å². The lowest BCUT2D eigenvalue weighted by atomic mass is 9.76. The summed E-state index contributed by atoms with van der Waals surface area (Å²) in [7, 11) is 1.58. The van der Waals surface area contributed by atoms with E-state index in [0.29, 0.717) is 17.0 Å². The summed E-state index contributed by atoms with van der Waals surface area (Å²) in [6, 6.07) is 12.0. The molecule has 2 heterocycles. The molecule has 0 spiro atoms. The molecule has 0 bridgehead atoms. The van der Waals surface area contributed by atoms with Gasteiger partial charge >= 0.3 is 0 Å². The second-order valence-electron chi connectivity index (χ2n) is 10.3. The van der Waals surface area contributed by atoms with Crippen LogP contribution in [0.4, 0.5) is 5.69 Å². The van der Waals surface area contributed by atoms with E-state index in [2.05, 4.69) is 69.1 Å². The number of methoxy groups -OCH3 is 1. The van der Waals surface area contributed by atoms with Crippen LogP contribution in [-0.2, 0) is 15.6 Å². The molecule has 2 N–H and O–H groups in total. The van der Waals surface area contributed by atoms with Crippen LogP contribution in [-0.4, -0.2) is 34.2 Å². The molecule has 0 atom stereocenters. The van der Waals surface area contributed by atoms with Crippen LogP contribution in [0.1, 0.15) is 65.5 Å². The average molecular weight is 477 g/mol. The third kappa shape index (κ3) is 4.59. The van der Waals surface area contributed by atoms with Crippen molar-refractivity contribution in [2.45, 2.75) is 65.2 Å². The van der Waals surface area contributed by atoms with Crippen LogP contribution < -0.4 is 14.8 Å². The number of carbonyl (C=O) groups excluding carboxylic acids is 1. The van der Waals surface area contributed by atoms with Crippen molar-refractivity contribution < 1.29 is 14.3 Å². The fraction of sp³-hybridized carbons (Fsp3) is 0.429. The Morgan fingerprint density at radius 2 is 1.74 bits per heavy atom. The van der Waals surface area contributed by atoms with Gasteiger partial charge in [0.1, 0.15) is 22.7 Å². The Labute approximate surface area is 206 Å². The number of ether oxygens (including phenoxy) is 2. The molecule has 186 valence electrons. The first kappa shape index (κ1) is 24.6. The number of nitrogens with one attached hydrogen (secondary N) is 2. The summed E-state index contributed by atoms with van der Waals surface area (Å²) in [5, 5.41) is 6.09. The molecule has 2 aromatic carbocycles. The van der Waals surface area contributed by atoms with Crippen LogP contribution in [0.2, 0.25) is 0 Å². The van der Waals surface area contributed by atoms with Crippen LogP contribution in [0.15, 0.2) is 42.6 Å². The number of carbonyl (C=O) groups is 1. The van der Waals surface area contributed by atoms with Gasteiger partial charge in [-0.1, -0.05) is 53.7 Å². The Hall–Kier alpha value is -3.48. The molecule has 7 heteroatoms. The fourth-order valence-corrected chi connectivity index (χ4v) is 4.19. The molecule has 0 aliphatic rings. The van der Waals surface area contributed by atoms with Crippen molar-refractivity contribution in [1.29, 1.82) is 0 Å². The number of anilines is 1. The Morgan fingerprint density at radius 3 is 2.43 bits per heavy atom. The lowest BCUT2D eigenvalue weighted by Gasteiger charge is -2.30. The maximum atomic E-state index is 13.0. The molecular formula is C28H36N4O3. The molecule has 2 aromatic heterocycles. The second kappa shape index (κ2) is 9.29. The van der Waals surface area contributed by atoms with Gasteiger partial charge in [-0.3, -0.25) is 9.89 Å². The van der Waals surface area contributed by atoms with Gasteiger partial charge in [-0.15, -0.1) is 0 Å². The van der Waals surface area contributed by atoms with Gasteiger partial charge in [-0.2, -0.15) is 0 Å².